The van der Waals surface area contributed by atoms with Crippen molar-refractivity contribution in [3.63, 3.8) is 0 Å². The van der Waals surface area contributed by atoms with Gasteiger partial charge in [0.25, 0.3) is 0 Å². The van der Waals surface area contributed by atoms with Crippen molar-refractivity contribution in [2.24, 2.45) is 35.5 Å². The Bertz CT molecular complexity index is 1030. The summed E-state index contributed by atoms with van der Waals surface area (Å²) in [7, 11) is 1.88. The molecule has 5 aliphatic rings. The molecule has 0 bridgehead atoms. The maximum absolute atomic E-state index is 14.0. The van der Waals surface area contributed by atoms with E-state index < -0.39 is 18.0 Å². The molecule has 43 heavy (non-hydrogen) atoms. The number of rotatable bonds is 5. The lowest BCUT2D eigenvalue weighted by molar-refractivity contribution is -0.192. The molecule has 0 radical (unpaired) electrons. The van der Waals surface area contributed by atoms with E-state index in [0.717, 1.165) is 32.2 Å². The van der Waals surface area contributed by atoms with E-state index in [0.29, 0.717) is 50.6 Å². The Labute approximate surface area is 258 Å². The van der Waals surface area contributed by atoms with Crippen LogP contribution in [0.25, 0.3) is 0 Å². The predicted octanol–water partition coefficient (Wildman–Crippen LogP) is 3.88. The first-order chi connectivity index (χ1) is 20.3. The summed E-state index contributed by atoms with van der Waals surface area (Å²) in [5.41, 5.74) is -0.131. The summed E-state index contributed by atoms with van der Waals surface area (Å²) in [4.78, 5) is 42.6. The average molecular weight is 632 g/mol. The van der Waals surface area contributed by atoms with Gasteiger partial charge in [-0.1, -0.05) is 6.92 Å². The van der Waals surface area contributed by atoms with Gasteiger partial charge in [0.1, 0.15) is 0 Å². The molecule has 0 aromatic rings. The normalized spacial score (nSPS) is 40.1. The summed E-state index contributed by atoms with van der Waals surface area (Å²) in [5, 5.41) is 9.43. The highest BCUT2D eigenvalue weighted by molar-refractivity contribution is 6.20. The maximum Gasteiger partial charge on any atom is 0.391 e. The predicted molar refractivity (Wildman–Crippen MR) is 158 cm³/mol. The van der Waals surface area contributed by atoms with Crippen LogP contribution >= 0.6 is 11.6 Å². The van der Waals surface area contributed by atoms with Crippen molar-refractivity contribution in [3.05, 3.63) is 0 Å². The molecule has 0 aromatic heterocycles. The van der Waals surface area contributed by atoms with E-state index in [1.807, 2.05) is 11.9 Å². The number of nitrogens with zero attached hydrogens (tertiary/aromatic N) is 2. The van der Waals surface area contributed by atoms with Crippen LogP contribution in [0.3, 0.4) is 0 Å². The van der Waals surface area contributed by atoms with E-state index in [2.05, 4.69) is 27.8 Å². The van der Waals surface area contributed by atoms with Gasteiger partial charge in [-0.2, -0.15) is 13.2 Å². The molecule has 244 valence electrons. The van der Waals surface area contributed by atoms with Crippen molar-refractivity contribution < 1.29 is 27.6 Å². The van der Waals surface area contributed by atoms with Gasteiger partial charge in [-0.05, 0) is 82.0 Å². The van der Waals surface area contributed by atoms with Gasteiger partial charge in [-0.15, -0.1) is 11.6 Å². The topological polar surface area (TPSA) is 93.8 Å². The Morgan fingerprint density at radius 1 is 0.953 bits per heavy atom. The zero-order valence-corrected chi connectivity index (χ0v) is 26.4. The smallest absolute Gasteiger partial charge is 0.354 e. The lowest BCUT2D eigenvalue weighted by Gasteiger charge is -2.50. The summed E-state index contributed by atoms with van der Waals surface area (Å²) in [6.07, 6.45) is 1.16. The van der Waals surface area contributed by atoms with Crippen LogP contribution in [0.5, 0.6) is 0 Å². The van der Waals surface area contributed by atoms with Crippen LogP contribution < -0.4 is 16.0 Å². The molecule has 3 heterocycles. The first-order valence-corrected chi connectivity index (χ1v) is 16.8. The third kappa shape index (κ3) is 7.63. The van der Waals surface area contributed by atoms with E-state index in [-0.39, 0.29) is 72.1 Å². The quantitative estimate of drug-likeness (QED) is 0.317. The van der Waals surface area contributed by atoms with E-state index in [1.54, 1.807) is 0 Å². The monoisotopic (exact) mass is 631 g/mol. The van der Waals surface area contributed by atoms with E-state index in [9.17, 15) is 27.6 Å². The van der Waals surface area contributed by atoms with Gasteiger partial charge >= 0.3 is 6.18 Å². The first-order valence-electron chi connectivity index (χ1n) is 16.3. The summed E-state index contributed by atoms with van der Waals surface area (Å²) < 4.78 is 42.1. The average Bonchev–Trinajstić information content (AvgIpc) is 2.95. The standard InChI is InChI=1S/C31H49ClF3N5O3/c1-17-4-5-23(14-25(17)26-12-20-16-36-28(32)15-27(20)39(3)30(26)43)38-29(42)19-10-21(31(33,34)35)13-24(11-19)40-8-6-22(7-9-40)37-18(2)41/h17,19-28,36H,4-16H2,1-3H3,(H,37,41)(H,38,42). The third-order valence-corrected chi connectivity index (χ3v) is 11.7. The second kappa shape index (κ2) is 13.4. The molecule has 5 rings (SSSR count). The molecule has 3 N–H and O–H groups in total. The van der Waals surface area contributed by atoms with Crippen LogP contribution in [0.1, 0.15) is 78.1 Å². The Balaban J connectivity index is 1.21. The number of hydrogen-bond donors (Lipinski definition) is 3. The number of hydrogen-bond acceptors (Lipinski definition) is 5. The molecule has 12 heteroatoms. The molecule has 0 aromatic carbocycles. The second-order valence-corrected chi connectivity index (χ2v) is 14.7. The minimum absolute atomic E-state index is 0.0138. The molecule has 8 nitrogen and oxygen atoms in total. The van der Waals surface area contributed by atoms with Crippen molar-refractivity contribution in [1.29, 1.82) is 0 Å². The van der Waals surface area contributed by atoms with Gasteiger partial charge in [0.15, 0.2) is 0 Å². The molecular formula is C31H49ClF3N5O3. The Hall–Kier alpha value is -1.59. The Kier molecular flexibility index (Phi) is 10.2. The number of fused-ring (bicyclic) bond motifs is 1. The molecule has 3 saturated heterocycles. The van der Waals surface area contributed by atoms with Crippen LogP contribution in [-0.4, -0.2) is 90.0 Å². The fourth-order valence-corrected chi connectivity index (χ4v) is 9.23. The Morgan fingerprint density at radius 2 is 1.67 bits per heavy atom. The van der Waals surface area contributed by atoms with Crippen LogP contribution in [0.4, 0.5) is 13.2 Å². The van der Waals surface area contributed by atoms with Gasteiger partial charge < -0.3 is 25.8 Å². The molecule has 3 amide bonds. The summed E-state index contributed by atoms with van der Waals surface area (Å²) >= 11 is 6.33. The fraction of sp³-hybridized carbons (Fsp3) is 0.903. The van der Waals surface area contributed by atoms with E-state index in [1.165, 1.54) is 6.92 Å². The van der Waals surface area contributed by atoms with Gasteiger partial charge in [0, 0.05) is 69.6 Å². The molecule has 10 atom stereocenters. The van der Waals surface area contributed by atoms with Crippen LogP contribution in [-0.2, 0) is 14.4 Å². The lowest BCUT2D eigenvalue weighted by atomic mass is 9.66. The number of likely N-dealkylation sites (tertiary alicyclic amines) is 2. The number of carbonyl (C=O) groups excluding carboxylic acids is 3. The van der Waals surface area contributed by atoms with Gasteiger partial charge in [0.05, 0.1) is 11.4 Å². The zero-order valence-electron chi connectivity index (χ0n) is 25.7. The van der Waals surface area contributed by atoms with Crippen LogP contribution in [0, 0.1) is 35.5 Å². The van der Waals surface area contributed by atoms with E-state index >= 15 is 0 Å². The molecule has 0 spiro atoms. The number of halogens is 4. The van der Waals surface area contributed by atoms with Gasteiger partial charge in [0.2, 0.25) is 17.7 Å². The fourth-order valence-electron chi connectivity index (χ4n) is 8.96. The molecule has 2 aliphatic carbocycles. The highest BCUT2D eigenvalue weighted by Gasteiger charge is 2.50. The summed E-state index contributed by atoms with van der Waals surface area (Å²) in [5.74, 6) is -1.75. The first kappa shape index (κ1) is 32.8. The summed E-state index contributed by atoms with van der Waals surface area (Å²) in [6, 6.07) is -0.267. The van der Waals surface area contributed by atoms with E-state index in [4.69, 9.17) is 11.6 Å². The SMILES string of the molecule is CC(=O)NC1CCN(C2CC(C(=O)NC3CCC(C)C(C4CC5CNC(Cl)CC5N(C)C4=O)C3)CC(C(F)(F)F)C2)CC1. The minimum Gasteiger partial charge on any atom is -0.354 e. The molecule has 3 aliphatic heterocycles. The van der Waals surface area contributed by atoms with Gasteiger partial charge in [-0.3, -0.25) is 14.4 Å². The van der Waals surface area contributed by atoms with Crippen molar-refractivity contribution in [2.45, 2.75) is 114 Å². The number of amides is 3. The molecule has 2 saturated carbocycles. The second-order valence-electron chi connectivity index (χ2n) is 14.2. The van der Waals surface area contributed by atoms with Crippen LogP contribution in [0.15, 0.2) is 0 Å². The maximum atomic E-state index is 14.0. The van der Waals surface area contributed by atoms with Gasteiger partial charge in [-0.25, -0.2) is 0 Å². The zero-order chi connectivity index (χ0) is 31.1. The van der Waals surface area contributed by atoms with Crippen molar-refractivity contribution in [2.75, 3.05) is 26.7 Å². The Morgan fingerprint density at radius 3 is 2.35 bits per heavy atom. The van der Waals surface area contributed by atoms with Crippen molar-refractivity contribution in [1.82, 2.24) is 25.8 Å². The third-order valence-electron chi connectivity index (χ3n) is 11.4. The highest BCUT2D eigenvalue weighted by Crippen LogP contribution is 2.45. The van der Waals surface area contributed by atoms with Crippen molar-refractivity contribution >= 4 is 29.3 Å². The molecular weight excluding hydrogens is 583 g/mol. The molecule has 5 fully saturated rings. The lowest BCUT2D eigenvalue weighted by Crippen LogP contribution is -2.60. The largest absolute Gasteiger partial charge is 0.391 e. The van der Waals surface area contributed by atoms with Crippen LogP contribution in [0.2, 0.25) is 0 Å². The molecule has 10 unspecified atom stereocenters. The number of alkyl halides is 4. The number of piperidine rings is 3. The highest BCUT2D eigenvalue weighted by atomic mass is 35.5. The number of nitrogens with one attached hydrogen (secondary N) is 3. The summed E-state index contributed by atoms with van der Waals surface area (Å²) in [6.45, 7) is 5.67. The minimum atomic E-state index is -4.35. The number of carbonyl (C=O) groups is 3. The van der Waals surface area contributed by atoms with Crippen molar-refractivity contribution in [3.8, 4) is 0 Å².